The Hall–Kier alpha value is 0.167. The number of ether oxygens (including phenoxy) is 1. The highest BCUT2D eigenvalue weighted by molar-refractivity contribution is 9.09. The molecule has 13 heavy (non-hydrogen) atoms. The summed E-state index contributed by atoms with van der Waals surface area (Å²) in [5.74, 6) is -0.0577. The highest BCUT2D eigenvalue weighted by Gasteiger charge is 2.13. The summed E-state index contributed by atoms with van der Waals surface area (Å²) in [6.45, 7) is 7.44. The molecule has 4 heteroatoms. The second-order valence-electron chi connectivity index (χ2n) is 4.32. The van der Waals surface area contributed by atoms with Crippen molar-refractivity contribution in [2.45, 2.75) is 38.5 Å². The Kier molecular flexibility index (Phi) is 6.68. The molecule has 0 saturated carbocycles. The van der Waals surface area contributed by atoms with Crippen molar-refractivity contribution in [3.05, 3.63) is 0 Å². The van der Waals surface area contributed by atoms with Crippen molar-refractivity contribution in [3.63, 3.8) is 0 Å². The molecule has 0 atom stereocenters. The van der Waals surface area contributed by atoms with Crippen LogP contribution in [0.4, 0.5) is 0 Å². The second-order valence-corrected chi connectivity index (χ2v) is 10.7. The monoisotopic (exact) mass is 266 g/mol. The minimum absolute atomic E-state index is 0.0577. The zero-order valence-corrected chi connectivity index (χ0v) is 11.3. The summed E-state index contributed by atoms with van der Waals surface area (Å²) in [6.07, 6.45) is 1.41. The van der Waals surface area contributed by atoms with Crippen LogP contribution in [0.3, 0.4) is 0 Å². The predicted molar refractivity (Wildman–Crippen MR) is 62.1 cm³/mol. The van der Waals surface area contributed by atoms with Crippen LogP contribution in [0.1, 0.15) is 12.8 Å². The van der Waals surface area contributed by atoms with Crippen LogP contribution in [0.25, 0.3) is 0 Å². The number of rotatable bonds is 6. The molecule has 2 nitrogen and oxygen atoms in total. The van der Waals surface area contributed by atoms with Gasteiger partial charge in [-0.1, -0.05) is 35.6 Å². The van der Waals surface area contributed by atoms with E-state index in [1.165, 1.54) is 0 Å². The summed E-state index contributed by atoms with van der Waals surface area (Å²) in [5, 5.41) is 0.871. The first kappa shape index (κ1) is 13.2. The number of carbonyl (C=O) groups is 1. The van der Waals surface area contributed by atoms with E-state index < -0.39 is 8.07 Å². The summed E-state index contributed by atoms with van der Waals surface area (Å²) >= 11 is 3.28. The summed E-state index contributed by atoms with van der Waals surface area (Å²) in [5.41, 5.74) is 0. The number of esters is 1. The van der Waals surface area contributed by atoms with E-state index in [0.29, 0.717) is 13.0 Å². The first-order chi connectivity index (χ1) is 5.95. The van der Waals surface area contributed by atoms with Crippen molar-refractivity contribution in [2.24, 2.45) is 0 Å². The molecular weight excluding hydrogens is 248 g/mol. The minimum Gasteiger partial charge on any atom is -0.466 e. The maximum atomic E-state index is 11.1. The van der Waals surface area contributed by atoms with E-state index in [9.17, 15) is 4.79 Å². The summed E-state index contributed by atoms with van der Waals surface area (Å²) < 4.78 is 5.10. The van der Waals surface area contributed by atoms with E-state index in [1.807, 2.05) is 0 Å². The SMILES string of the molecule is C[Si](C)(C)CCOC(=O)CCCBr. The van der Waals surface area contributed by atoms with Crippen molar-refractivity contribution in [3.8, 4) is 0 Å². The molecule has 0 unspecified atom stereocenters. The van der Waals surface area contributed by atoms with Gasteiger partial charge in [0.25, 0.3) is 0 Å². The smallest absolute Gasteiger partial charge is 0.305 e. The minimum atomic E-state index is -1.04. The number of halogens is 1. The Morgan fingerprint density at radius 2 is 2.00 bits per heavy atom. The fourth-order valence-corrected chi connectivity index (χ4v) is 1.75. The Bertz CT molecular complexity index is 154. The van der Waals surface area contributed by atoms with Gasteiger partial charge in [0.05, 0.1) is 6.61 Å². The largest absolute Gasteiger partial charge is 0.466 e. The number of hydrogen-bond acceptors (Lipinski definition) is 2. The summed E-state index contributed by atoms with van der Waals surface area (Å²) in [4.78, 5) is 11.1. The van der Waals surface area contributed by atoms with E-state index in [4.69, 9.17) is 4.74 Å². The van der Waals surface area contributed by atoms with Gasteiger partial charge in [-0.15, -0.1) is 0 Å². The third-order valence-electron chi connectivity index (χ3n) is 1.63. The molecule has 0 fully saturated rings. The van der Waals surface area contributed by atoms with Gasteiger partial charge in [-0.05, 0) is 12.5 Å². The number of alkyl halides is 1. The number of carbonyl (C=O) groups excluding carboxylic acids is 1. The van der Waals surface area contributed by atoms with Gasteiger partial charge in [-0.3, -0.25) is 4.79 Å². The molecule has 0 saturated heterocycles. The molecule has 0 aliphatic heterocycles. The van der Waals surface area contributed by atoms with Gasteiger partial charge in [0, 0.05) is 19.8 Å². The maximum absolute atomic E-state index is 11.1. The van der Waals surface area contributed by atoms with Crippen molar-refractivity contribution in [1.82, 2.24) is 0 Å². The zero-order valence-electron chi connectivity index (χ0n) is 8.73. The van der Waals surface area contributed by atoms with Gasteiger partial charge < -0.3 is 4.74 Å². The molecule has 0 radical (unpaired) electrons. The average Bonchev–Trinajstić information content (AvgIpc) is 1.98. The third kappa shape index (κ3) is 10.1. The summed E-state index contributed by atoms with van der Waals surface area (Å²) in [6, 6.07) is 1.06. The molecule has 0 aromatic heterocycles. The van der Waals surface area contributed by atoms with Crippen LogP contribution in [-0.4, -0.2) is 26.0 Å². The van der Waals surface area contributed by atoms with E-state index in [-0.39, 0.29) is 5.97 Å². The highest BCUT2D eigenvalue weighted by Crippen LogP contribution is 2.08. The molecule has 0 aromatic rings. The van der Waals surface area contributed by atoms with Crippen LogP contribution in [0.2, 0.25) is 25.7 Å². The fraction of sp³-hybridized carbons (Fsp3) is 0.889. The van der Waals surface area contributed by atoms with Crippen molar-refractivity contribution >= 4 is 30.0 Å². The topological polar surface area (TPSA) is 26.3 Å². The van der Waals surface area contributed by atoms with Gasteiger partial charge in [0.2, 0.25) is 0 Å². The Morgan fingerprint density at radius 3 is 2.46 bits per heavy atom. The lowest BCUT2D eigenvalue weighted by Gasteiger charge is -2.15. The van der Waals surface area contributed by atoms with Gasteiger partial charge in [0.1, 0.15) is 0 Å². The van der Waals surface area contributed by atoms with Crippen LogP contribution in [0.15, 0.2) is 0 Å². The van der Waals surface area contributed by atoms with Crippen LogP contribution in [0, 0.1) is 0 Å². The third-order valence-corrected chi connectivity index (χ3v) is 3.89. The van der Waals surface area contributed by atoms with Gasteiger partial charge in [0.15, 0.2) is 0 Å². The van der Waals surface area contributed by atoms with Gasteiger partial charge in [-0.2, -0.15) is 0 Å². The lowest BCUT2D eigenvalue weighted by molar-refractivity contribution is -0.143. The lowest BCUT2D eigenvalue weighted by atomic mass is 10.3. The van der Waals surface area contributed by atoms with Gasteiger partial charge >= 0.3 is 5.97 Å². The highest BCUT2D eigenvalue weighted by atomic mass is 79.9. The Labute approximate surface area is 90.2 Å². The Balaban J connectivity index is 3.37. The first-order valence-electron chi connectivity index (χ1n) is 4.67. The molecule has 0 spiro atoms. The quantitative estimate of drug-likeness (QED) is 0.420. The fourth-order valence-electron chi connectivity index (χ4n) is 0.754. The molecule has 0 aliphatic rings. The van der Waals surface area contributed by atoms with Crippen molar-refractivity contribution < 1.29 is 9.53 Å². The van der Waals surface area contributed by atoms with Crippen LogP contribution in [-0.2, 0) is 9.53 Å². The van der Waals surface area contributed by atoms with E-state index in [1.54, 1.807) is 0 Å². The molecule has 0 aliphatic carbocycles. The normalized spacial score (nSPS) is 11.4. The molecule has 0 N–H and O–H groups in total. The van der Waals surface area contributed by atoms with E-state index in [0.717, 1.165) is 17.8 Å². The van der Waals surface area contributed by atoms with Gasteiger partial charge in [-0.25, -0.2) is 0 Å². The molecule has 78 valence electrons. The maximum Gasteiger partial charge on any atom is 0.305 e. The van der Waals surface area contributed by atoms with Crippen molar-refractivity contribution in [2.75, 3.05) is 11.9 Å². The second kappa shape index (κ2) is 6.60. The van der Waals surface area contributed by atoms with Crippen LogP contribution >= 0.6 is 15.9 Å². The lowest BCUT2D eigenvalue weighted by Crippen LogP contribution is -2.22. The first-order valence-corrected chi connectivity index (χ1v) is 9.50. The molecule has 0 rings (SSSR count). The molecular formula is C9H19BrO2Si. The zero-order chi connectivity index (χ0) is 10.3. The predicted octanol–water partition coefficient (Wildman–Crippen LogP) is 3.04. The standard InChI is InChI=1S/C9H19BrO2Si/c1-13(2,3)8-7-12-9(11)5-4-6-10/h4-8H2,1-3H3. The molecule has 0 heterocycles. The average molecular weight is 267 g/mol. The molecule has 0 bridgehead atoms. The Morgan fingerprint density at radius 1 is 1.38 bits per heavy atom. The van der Waals surface area contributed by atoms with Crippen LogP contribution in [0.5, 0.6) is 0 Å². The van der Waals surface area contributed by atoms with E-state index >= 15 is 0 Å². The summed E-state index contributed by atoms with van der Waals surface area (Å²) in [7, 11) is -1.04. The van der Waals surface area contributed by atoms with Crippen LogP contribution < -0.4 is 0 Å². The molecule has 0 aromatic carbocycles. The number of hydrogen-bond donors (Lipinski definition) is 0. The van der Waals surface area contributed by atoms with E-state index in [2.05, 4.69) is 35.6 Å². The molecule has 0 amide bonds. The van der Waals surface area contributed by atoms with Crippen molar-refractivity contribution in [1.29, 1.82) is 0 Å².